The Morgan fingerprint density at radius 3 is 1.90 bits per heavy atom. The van der Waals surface area contributed by atoms with Crippen LogP contribution in [0.15, 0.2) is 48.8 Å². The molecule has 2 aromatic rings. The number of aliphatic hydroxyl groups is 2. The van der Waals surface area contributed by atoms with E-state index in [-0.39, 0.29) is 16.7 Å². The first-order valence-corrected chi connectivity index (χ1v) is 19.9. The van der Waals surface area contributed by atoms with Gasteiger partial charge in [0.1, 0.15) is 42.0 Å². The van der Waals surface area contributed by atoms with E-state index in [1.54, 1.807) is 6.07 Å². The van der Waals surface area contributed by atoms with Crippen molar-refractivity contribution in [2.24, 2.45) is 11.3 Å². The van der Waals surface area contributed by atoms with Crippen molar-refractivity contribution in [1.29, 1.82) is 0 Å². The minimum atomic E-state index is -2.99. The van der Waals surface area contributed by atoms with Crippen molar-refractivity contribution in [3.63, 3.8) is 0 Å². The molecule has 63 heavy (non-hydrogen) atoms. The third-order valence-electron chi connectivity index (χ3n) is 12.6. The molecule has 2 unspecified atom stereocenters. The van der Waals surface area contributed by atoms with Gasteiger partial charge in [-0.25, -0.2) is 14.4 Å². The van der Waals surface area contributed by atoms with Crippen LogP contribution in [0.5, 0.6) is 0 Å². The lowest BCUT2D eigenvalue weighted by Crippen LogP contribution is -2.89. The highest BCUT2D eigenvalue weighted by Gasteiger charge is 2.92. The molecule has 1 aromatic heterocycles. The summed E-state index contributed by atoms with van der Waals surface area (Å²) in [7, 11) is 0. The summed E-state index contributed by atoms with van der Waals surface area (Å²) in [6.45, 7) is 7.70. The Balaban J connectivity index is 1.81. The number of fused-ring (bicyclic) bond motifs is 5. The topological polar surface area (TPSA) is 273 Å². The quantitative estimate of drug-likeness (QED) is 0.280. The molecule has 1 aromatic carbocycles. The van der Waals surface area contributed by atoms with Crippen molar-refractivity contribution >= 4 is 47.8 Å². The van der Waals surface area contributed by atoms with Gasteiger partial charge in [-0.1, -0.05) is 25.1 Å². The summed E-state index contributed by atoms with van der Waals surface area (Å²) in [4.78, 5) is 114. The van der Waals surface area contributed by atoms with Crippen molar-refractivity contribution in [3.05, 3.63) is 65.5 Å². The Morgan fingerprint density at radius 1 is 0.762 bits per heavy atom. The molecule has 2 saturated carbocycles. The Labute approximate surface area is 360 Å². The zero-order valence-electron chi connectivity index (χ0n) is 35.9. The molecule has 1 spiro atoms. The maximum Gasteiger partial charge on any atom is 0.340 e. The molecule has 2 N–H and O–H groups in total. The third kappa shape index (κ3) is 7.56. The van der Waals surface area contributed by atoms with Gasteiger partial charge in [0.2, 0.25) is 0 Å². The summed E-state index contributed by atoms with van der Waals surface area (Å²) < 4.78 is 55.0. The molecular formula is C43H49NO19. The van der Waals surface area contributed by atoms with Crippen LogP contribution in [0.25, 0.3) is 0 Å². The first-order chi connectivity index (χ1) is 29.4. The highest BCUT2D eigenvalue weighted by Crippen LogP contribution is 2.70. The van der Waals surface area contributed by atoms with Crippen LogP contribution < -0.4 is 0 Å². The molecule has 1 saturated heterocycles. The van der Waals surface area contributed by atoms with Gasteiger partial charge in [-0.3, -0.25) is 29.0 Å². The molecule has 13 atom stereocenters. The smallest absolute Gasteiger partial charge is 0.340 e. The molecule has 2 aliphatic heterocycles. The summed E-state index contributed by atoms with van der Waals surface area (Å²) in [5, 5.41) is 25.8. The van der Waals surface area contributed by atoms with Crippen molar-refractivity contribution < 1.29 is 91.2 Å². The van der Waals surface area contributed by atoms with E-state index in [0.717, 1.165) is 54.7 Å². The summed E-state index contributed by atoms with van der Waals surface area (Å²) in [6, 6.07) is 8.64. The van der Waals surface area contributed by atoms with E-state index in [0.29, 0.717) is 0 Å². The maximum atomic E-state index is 14.7. The van der Waals surface area contributed by atoms with Gasteiger partial charge < -0.3 is 52.8 Å². The number of carbonyl (C=O) groups excluding carboxylic acids is 8. The van der Waals surface area contributed by atoms with E-state index in [4.69, 9.17) is 42.6 Å². The summed E-state index contributed by atoms with van der Waals surface area (Å²) in [5.74, 6) is -12.0. The van der Waals surface area contributed by atoms with Crippen LogP contribution in [-0.4, -0.2) is 135 Å². The van der Waals surface area contributed by atoms with Gasteiger partial charge >= 0.3 is 47.8 Å². The monoisotopic (exact) mass is 883 g/mol. The predicted octanol–water partition coefficient (Wildman–Crippen LogP) is 1.44. The van der Waals surface area contributed by atoms with Crippen molar-refractivity contribution in [3.8, 4) is 0 Å². The van der Waals surface area contributed by atoms with Gasteiger partial charge in [0.15, 0.2) is 35.6 Å². The average Bonchev–Trinajstić information content (AvgIpc) is 3.42. The number of carbonyl (C=O) groups is 8. The van der Waals surface area contributed by atoms with Crippen LogP contribution in [0.1, 0.15) is 94.5 Å². The van der Waals surface area contributed by atoms with Gasteiger partial charge in [-0.05, 0) is 44.5 Å². The predicted molar refractivity (Wildman–Crippen MR) is 207 cm³/mol. The average molecular weight is 884 g/mol. The molecule has 0 amide bonds. The van der Waals surface area contributed by atoms with E-state index < -0.39 is 137 Å². The van der Waals surface area contributed by atoms with Gasteiger partial charge in [-0.15, -0.1) is 0 Å². The Morgan fingerprint density at radius 2 is 1.33 bits per heavy atom. The van der Waals surface area contributed by atoms with E-state index in [2.05, 4.69) is 4.98 Å². The molecule has 3 fully saturated rings. The van der Waals surface area contributed by atoms with Crippen LogP contribution in [0.2, 0.25) is 0 Å². The van der Waals surface area contributed by atoms with Crippen LogP contribution in [0, 0.1) is 11.3 Å². The number of pyridine rings is 1. The first kappa shape index (κ1) is 46.5. The lowest BCUT2D eigenvalue weighted by molar-refractivity contribution is -0.386. The number of nitrogens with zero attached hydrogens (tertiary/aromatic N) is 1. The molecule has 4 bridgehead atoms. The SMILES string of the molecule is CC(=O)OC[C@]12[C@H](OC(C)=O)[C@H](OC(C)=O)[C@@H]3[C@@H](OC(C)=O)[C@@]14O[C@@]3(C)COC(=O)c1cnccc1C(C)C(C)(O)C(=O)O[C@@H]([C@H](OC(=O)c1ccccc1)[C@@H]2OC(C)=O)[C@]4(C)O. The second-order valence-corrected chi connectivity index (χ2v) is 16.8. The van der Waals surface area contributed by atoms with Crippen molar-refractivity contribution in [1.82, 2.24) is 4.98 Å². The zero-order chi connectivity index (χ0) is 46.6. The number of cyclic esters (lactones) is 1. The van der Waals surface area contributed by atoms with E-state index in [1.807, 2.05) is 0 Å². The minimum absolute atomic E-state index is 0.0489. The van der Waals surface area contributed by atoms with Gasteiger partial charge in [-0.2, -0.15) is 0 Å². The number of hydrogen-bond acceptors (Lipinski definition) is 20. The highest BCUT2D eigenvalue weighted by atomic mass is 16.7. The second kappa shape index (κ2) is 16.6. The lowest BCUT2D eigenvalue weighted by atomic mass is 9.45. The number of hydrogen-bond donors (Lipinski definition) is 2. The largest absolute Gasteiger partial charge is 0.465 e. The van der Waals surface area contributed by atoms with E-state index in [9.17, 15) is 48.6 Å². The fourth-order valence-corrected chi connectivity index (χ4v) is 9.87. The fraction of sp³-hybridized carbons (Fsp3) is 0.558. The molecule has 3 heterocycles. The number of esters is 8. The Bertz CT molecular complexity index is 2210. The zero-order valence-corrected chi connectivity index (χ0v) is 35.9. The maximum absolute atomic E-state index is 14.7. The van der Waals surface area contributed by atoms with Crippen LogP contribution in [-0.2, 0) is 71.4 Å². The molecule has 20 nitrogen and oxygen atoms in total. The Kier molecular flexibility index (Phi) is 12.3. The number of aromatic nitrogens is 1. The van der Waals surface area contributed by atoms with Crippen molar-refractivity contribution in [2.75, 3.05) is 13.2 Å². The van der Waals surface area contributed by atoms with Crippen molar-refractivity contribution in [2.45, 2.75) is 127 Å². The van der Waals surface area contributed by atoms with Gasteiger partial charge in [0.05, 0.1) is 17.0 Å². The highest BCUT2D eigenvalue weighted by molar-refractivity contribution is 5.92. The summed E-state index contributed by atoms with van der Waals surface area (Å²) >= 11 is 0. The van der Waals surface area contributed by atoms with Gasteiger partial charge in [0.25, 0.3) is 0 Å². The minimum Gasteiger partial charge on any atom is -0.465 e. The first-order valence-electron chi connectivity index (χ1n) is 19.9. The molecule has 4 aliphatic rings. The van der Waals surface area contributed by atoms with E-state index >= 15 is 0 Å². The Hall–Kier alpha value is -5.99. The number of rotatable bonds is 8. The lowest BCUT2D eigenvalue weighted by Gasteiger charge is -2.67. The van der Waals surface area contributed by atoms with E-state index in [1.165, 1.54) is 50.4 Å². The summed E-state index contributed by atoms with van der Waals surface area (Å²) in [5.41, 5.74) is -13.6. The molecule has 2 aliphatic carbocycles. The van der Waals surface area contributed by atoms with Crippen LogP contribution in [0.4, 0.5) is 0 Å². The number of ether oxygens (including phenoxy) is 9. The fourth-order valence-electron chi connectivity index (χ4n) is 9.87. The molecule has 0 radical (unpaired) electrons. The van der Waals surface area contributed by atoms with Gasteiger partial charge in [0, 0.05) is 52.9 Å². The molecule has 6 rings (SSSR count). The third-order valence-corrected chi connectivity index (χ3v) is 12.6. The standard InChI is InChI=1S/C43H49NO19/c1-20-27-15-16-44-17-28(27)37(51)56-18-39(7)29-30(57-22(3)46)34(59-24(5)48)42(19-55-21(2)45)35(60-25(6)49)31(61-36(50)26-13-11-10-12-14-26)33(62-38(52)40(20,8)53)41(9,54)43(42,63-39)32(29)58-23(4)47/h10-17,20,29-35,53-54H,18-19H2,1-9H3/t20?,29-,30-,31+,32-,33+,34-,35+,39+,40?,41+,42-,43+/m1/s1. The molecule has 20 heteroatoms. The van der Waals surface area contributed by atoms with Crippen LogP contribution >= 0.6 is 0 Å². The molecule has 340 valence electrons. The second-order valence-electron chi connectivity index (χ2n) is 16.8. The van der Waals surface area contributed by atoms with Crippen LogP contribution in [0.3, 0.4) is 0 Å². The normalized spacial score (nSPS) is 36.8. The molecular weight excluding hydrogens is 834 g/mol. The number of benzene rings is 1. The summed E-state index contributed by atoms with van der Waals surface area (Å²) in [6.07, 6.45) is -10.4.